The summed E-state index contributed by atoms with van der Waals surface area (Å²) < 4.78 is 0. The summed E-state index contributed by atoms with van der Waals surface area (Å²) in [5.74, 6) is 0. The predicted molar refractivity (Wildman–Crippen MR) is 25.1 cm³/mol. The van der Waals surface area contributed by atoms with Gasteiger partial charge in [-0.1, -0.05) is 0 Å². The van der Waals surface area contributed by atoms with Gasteiger partial charge < -0.3 is 22.4 Å². The van der Waals surface area contributed by atoms with Crippen LogP contribution in [0.1, 0.15) is 0 Å². The van der Waals surface area contributed by atoms with Crippen LogP contribution in [0.25, 0.3) is 0 Å². The number of nitrogens with zero attached hydrogens (tertiary/aromatic N) is 3. The second kappa shape index (κ2) is 7.11. The number of rotatable bonds is 0. The van der Waals surface area contributed by atoms with E-state index >= 15 is 0 Å². The summed E-state index contributed by atoms with van der Waals surface area (Å²) >= 11 is 0. The minimum absolute atomic E-state index is 0. The molecule has 0 saturated carbocycles. The fourth-order valence-electron chi connectivity index (χ4n) is 0.181. The maximum absolute atomic E-state index is 3.53. The van der Waals surface area contributed by atoms with Crippen molar-refractivity contribution in [2.75, 3.05) is 0 Å². The first kappa shape index (κ1) is 11.0. The third-order valence-corrected chi connectivity index (χ3v) is 0.364. The first-order valence-corrected chi connectivity index (χ1v) is 1.48. The van der Waals surface area contributed by atoms with E-state index in [1.807, 2.05) is 0 Å². The molecule has 1 heterocycles. The Morgan fingerprint density at radius 2 is 1.62 bits per heavy atom. The Hall–Kier alpha value is 0.114. The molecular weight excluding hydrogens is 179 g/mol. The molecule has 1 aromatic rings. The Labute approximate surface area is 73.8 Å². The fourth-order valence-corrected chi connectivity index (χ4v) is 0.181. The van der Waals surface area contributed by atoms with E-state index in [0.29, 0.717) is 0 Å². The van der Waals surface area contributed by atoms with Crippen molar-refractivity contribution in [3.63, 3.8) is 0 Å². The molecule has 0 N–H and O–H groups in total. The van der Waals surface area contributed by atoms with E-state index in [1.54, 1.807) is 0 Å². The molecule has 0 bridgehead atoms. The average Bonchev–Trinajstić information content (AvgIpc) is 1.72. The van der Waals surface area contributed by atoms with E-state index in [9.17, 15) is 0 Å². The van der Waals surface area contributed by atoms with Crippen molar-refractivity contribution in [2.45, 2.75) is 0 Å². The zero-order valence-electron chi connectivity index (χ0n) is 4.57. The molecule has 0 fully saturated rings. The van der Waals surface area contributed by atoms with Crippen molar-refractivity contribution < 1.29 is 32.7 Å². The molecule has 3 nitrogen and oxygen atoms in total. The maximum atomic E-state index is 3.53. The second-order valence-corrected chi connectivity index (χ2v) is 0.738. The summed E-state index contributed by atoms with van der Waals surface area (Å²) in [6, 6.07) is 0. The molecule has 0 atom stereocenters. The van der Waals surface area contributed by atoms with Crippen LogP contribution in [-0.4, -0.2) is 15.0 Å². The summed E-state index contributed by atoms with van der Waals surface area (Å²) in [7, 11) is 0. The summed E-state index contributed by atoms with van der Waals surface area (Å²) in [6.07, 6.45) is 5.09. The normalized spacial score (nSPS) is 6.00. The standard InChI is InChI=1S/C3H2N3.CH3.Y/c1-4-2-6-3-5-1;;/h1-2H;1H3;/q2*-1;. The van der Waals surface area contributed by atoms with E-state index in [2.05, 4.69) is 21.3 Å². The van der Waals surface area contributed by atoms with Gasteiger partial charge >= 0.3 is 0 Å². The first-order chi connectivity index (χ1) is 3.00. The van der Waals surface area contributed by atoms with Crippen LogP contribution in [-0.2, 0) is 32.7 Å². The Kier molecular flexibility index (Phi) is 9.77. The van der Waals surface area contributed by atoms with Crippen molar-refractivity contribution in [3.8, 4) is 0 Å². The summed E-state index contributed by atoms with van der Waals surface area (Å²) in [6.45, 7) is 0. The van der Waals surface area contributed by atoms with E-state index in [0.717, 1.165) is 0 Å². The van der Waals surface area contributed by atoms with Gasteiger partial charge in [0.25, 0.3) is 0 Å². The molecule has 0 spiro atoms. The van der Waals surface area contributed by atoms with Crippen LogP contribution in [0.4, 0.5) is 0 Å². The number of hydrogen-bond acceptors (Lipinski definition) is 3. The second-order valence-electron chi connectivity index (χ2n) is 0.738. The molecule has 0 saturated heterocycles. The topological polar surface area (TPSA) is 38.7 Å². The molecule has 0 aliphatic heterocycles. The smallest absolute Gasteiger partial charge is 0.0241 e. The summed E-state index contributed by atoms with van der Waals surface area (Å²) in [4.78, 5) is 10.4. The third-order valence-electron chi connectivity index (χ3n) is 0.364. The van der Waals surface area contributed by atoms with Crippen LogP contribution in [0.5, 0.6) is 0 Å². The molecule has 1 rings (SSSR count). The van der Waals surface area contributed by atoms with Crippen LogP contribution >= 0.6 is 0 Å². The quantitative estimate of drug-likeness (QED) is 0.537. The molecule has 4 heteroatoms. The van der Waals surface area contributed by atoms with Gasteiger partial charge in [0.1, 0.15) is 0 Å². The van der Waals surface area contributed by atoms with E-state index in [-0.39, 0.29) is 40.1 Å². The van der Waals surface area contributed by atoms with Gasteiger partial charge in [-0.3, -0.25) is 0 Å². The van der Waals surface area contributed by atoms with E-state index in [1.165, 1.54) is 12.7 Å². The minimum Gasteiger partial charge on any atom is -0.358 e. The van der Waals surface area contributed by atoms with Gasteiger partial charge in [-0.05, 0) is 0 Å². The number of aromatic nitrogens is 3. The van der Waals surface area contributed by atoms with Crippen LogP contribution in [0.15, 0.2) is 12.7 Å². The Balaban J connectivity index is 0. The zero-order chi connectivity index (χ0) is 4.24. The van der Waals surface area contributed by atoms with Gasteiger partial charge in [0.05, 0.1) is 0 Å². The van der Waals surface area contributed by atoms with Crippen LogP contribution in [0, 0.1) is 13.8 Å². The van der Waals surface area contributed by atoms with Crippen LogP contribution in [0.3, 0.4) is 0 Å². The Bertz CT molecular complexity index is 83.2. The molecule has 0 amide bonds. The molecular formula is C4H5N3Y-2. The zero-order valence-corrected chi connectivity index (χ0v) is 7.41. The predicted octanol–water partition coefficient (Wildman–Crippen LogP) is 0.120. The Morgan fingerprint density at radius 1 is 1.12 bits per heavy atom. The van der Waals surface area contributed by atoms with Crippen molar-refractivity contribution >= 4 is 0 Å². The van der Waals surface area contributed by atoms with Gasteiger partial charge in [0, 0.05) is 51.7 Å². The van der Waals surface area contributed by atoms with Crippen molar-refractivity contribution in [3.05, 3.63) is 26.4 Å². The maximum Gasteiger partial charge on any atom is 0.0241 e. The van der Waals surface area contributed by atoms with Crippen LogP contribution < -0.4 is 0 Å². The molecule has 8 heavy (non-hydrogen) atoms. The van der Waals surface area contributed by atoms with Crippen molar-refractivity contribution in [1.82, 2.24) is 15.0 Å². The van der Waals surface area contributed by atoms with Gasteiger partial charge in [-0.2, -0.15) is 0 Å². The molecule has 0 unspecified atom stereocenters. The van der Waals surface area contributed by atoms with Crippen molar-refractivity contribution in [1.29, 1.82) is 0 Å². The SMILES string of the molecule is [CH3-].[Y].[c-]1ncncn1. The number of hydrogen-bond donors (Lipinski definition) is 0. The van der Waals surface area contributed by atoms with E-state index in [4.69, 9.17) is 0 Å². The molecule has 41 valence electrons. The summed E-state index contributed by atoms with van der Waals surface area (Å²) in [5.41, 5.74) is 0. The van der Waals surface area contributed by atoms with E-state index < -0.39 is 0 Å². The van der Waals surface area contributed by atoms with Gasteiger partial charge in [-0.25, -0.2) is 0 Å². The van der Waals surface area contributed by atoms with Crippen LogP contribution in [0.2, 0.25) is 0 Å². The Morgan fingerprint density at radius 3 is 1.75 bits per heavy atom. The molecule has 1 radical (unpaired) electrons. The van der Waals surface area contributed by atoms with Gasteiger partial charge in [0.2, 0.25) is 0 Å². The third kappa shape index (κ3) is 4.28. The molecule has 0 aliphatic rings. The summed E-state index contributed by atoms with van der Waals surface area (Å²) in [5, 5.41) is 0. The molecule has 0 aliphatic carbocycles. The molecule has 1 aromatic heterocycles. The molecule has 0 aromatic carbocycles. The minimum atomic E-state index is 0. The van der Waals surface area contributed by atoms with Gasteiger partial charge in [-0.15, -0.1) is 0 Å². The van der Waals surface area contributed by atoms with Crippen molar-refractivity contribution in [2.24, 2.45) is 0 Å². The van der Waals surface area contributed by atoms with Gasteiger partial charge in [0.15, 0.2) is 0 Å². The average molecular weight is 184 g/mol. The largest absolute Gasteiger partial charge is 0.358 e. The monoisotopic (exact) mass is 184 g/mol. The first-order valence-electron chi connectivity index (χ1n) is 1.48. The fraction of sp³-hybridized carbons (Fsp3) is 0.